The number of hydrogen-bond donors (Lipinski definition) is 1. The van der Waals surface area contributed by atoms with Gasteiger partial charge in [0.15, 0.2) is 5.76 Å². The number of nitrogens with zero attached hydrogens (tertiary/aromatic N) is 4. The van der Waals surface area contributed by atoms with Crippen LogP contribution in [0.3, 0.4) is 0 Å². The minimum Gasteiger partial charge on any atom is -0.486 e. The number of rotatable bonds is 8. The Morgan fingerprint density at radius 2 is 1.90 bits per heavy atom. The van der Waals surface area contributed by atoms with Gasteiger partial charge in [0.05, 0.1) is 24.6 Å². The van der Waals surface area contributed by atoms with E-state index in [0.717, 1.165) is 21.4 Å². The maximum absolute atomic E-state index is 12.5. The van der Waals surface area contributed by atoms with Gasteiger partial charge in [0.1, 0.15) is 18.1 Å². The van der Waals surface area contributed by atoms with E-state index in [-0.39, 0.29) is 18.3 Å². The number of ether oxygens (including phenoxy) is 1. The Kier molecular flexibility index (Phi) is 6.17. The highest BCUT2D eigenvalue weighted by atomic mass is 127. The number of amides is 1. The maximum Gasteiger partial charge on any atom is 0.291 e. The Hall–Kier alpha value is -3.08. The van der Waals surface area contributed by atoms with Crippen molar-refractivity contribution < 1.29 is 13.9 Å². The molecule has 1 aromatic carbocycles. The zero-order valence-electron chi connectivity index (χ0n) is 16.3. The van der Waals surface area contributed by atoms with E-state index in [1.807, 2.05) is 48.3 Å². The summed E-state index contributed by atoms with van der Waals surface area (Å²) >= 11 is 2.24. The van der Waals surface area contributed by atoms with Crippen molar-refractivity contribution in [1.82, 2.24) is 19.6 Å². The van der Waals surface area contributed by atoms with Gasteiger partial charge in [-0.05, 0) is 65.9 Å². The molecule has 0 unspecified atom stereocenters. The van der Waals surface area contributed by atoms with Gasteiger partial charge < -0.3 is 14.5 Å². The lowest BCUT2D eigenvalue weighted by atomic mass is 10.3. The molecule has 1 amide bonds. The number of carbonyl (C=O) groups is 1. The molecule has 30 heavy (non-hydrogen) atoms. The predicted molar refractivity (Wildman–Crippen MR) is 119 cm³/mol. The highest BCUT2D eigenvalue weighted by Crippen LogP contribution is 2.17. The van der Waals surface area contributed by atoms with Gasteiger partial charge in [-0.25, -0.2) is 0 Å². The van der Waals surface area contributed by atoms with E-state index in [9.17, 15) is 4.79 Å². The molecule has 0 radical (unpaired) electrons. The number of carbonyl (C=O) groups excluding carboxylic acids is 1. The Balaban J connectivity index is 1.32. The number of benzene rings is 1. The molecule has 4 rings (SSSR count). The summed E-state index contributed by atoms with van der Waals surface area (Å²) in [4.78, 5) is 12.5. The average Bonchev–Trinajstić information content (AvgIpc) is 3.49. The Bertz CT molecular complexity index is 1130. The largest absolute Gasteiger partial charge is 0.486 e. The molecule has 154 valence electrons. The third kappa shape index (κ3) is 5.09. The van der Waals surface area contributed by atoms with Gasteiger partial charge in [0.25, 0.3) is 5.91 Å². The Morgan fingerprint density at radius 3 is 2.67 bits per heavy atom. The van der Waals surface area contributed by atoms with Gasteiger partial charge in [-0.1, -0.05) is 0 Å². The molecule has 0 atom stereocenters. The van der Waals surface area contributed by atoms with Crippen LogP contribution >= 0.6 is 22.6 Å². The zero-order chi connectivity index (χ0) is 20.9. The van der Waals surface area contributed by atoms with E-state index in [2.05, 4.69) is 38.1 Å². The van der Waals surface area contributed by atoms with Crippen LogP contribution < -0.4 is 10.1 Å². The van der Waals surface area contributed by atoms with Crippen LogP contribution in [-0.2, 0) is 19.7 Å². The summed E-state index contributed by atoms with van der Waals surface area (Å²) in [7, 11) is 0. The summed E-state index contributed by atoms with van der Waals surface area (Å²) < 4.78 is 16.0. The van der Waals surface area contributed by atoms with Crippen molar-refractivity contribution in [3.05, 3.63) is 81.8 Å². The van der Waals surface area contributed by atoms with Crippen molar-refractivity contribution in [3.63, 3.8) is 0 Å². The number of halogens is 1. The van der Waals surface area contributed by atoms with Gasteiger partial charge in [-0.3, -0.25) is 14.2 Å². The van der Waals surface area contributed by atoms with Crippen molar-refractivity contribution >= 4 is 34.2 Å². The number of furan rings is 1. The standard InChI is InChI=1S/C21H20IN5O3/c1-2-26-11-15(9-23-26)12-27-13-17(10-24-27)25-21(28)20-8-7-19(30-20)14-29-18-5-3-16(22)4-6-18/h3-11,13H,2,12,14H2,1H3,(H,25,28). The molecule has 0 aliphatic rings. The van der Waals surface area contributed by atoms with Gasteiger partial charge in [-0.15, -0.1) is 0 Å². The molecule has 0 bridgehead atoms. The quantitative estimate of drug-likeness (QED) is 0.355. The van der Waals surface area contributed by atoms with Gasteiger partial charge >= 0.3 is 0 Å². The van der Waals surface area contributed by atoms with Crippen LogP contribution in [0.5, 0.6) is 5.75 Å². The van der Waals surface area contributed by atoms with E-state index < -0.39 is 0 Å². The van der Waals surface area contributed by atoms with Crippen molar-refractivity contribution in [2.45, 2.75) is 26.6 Å². The first-order valence-corrected chi connectivity index (χ1v) is 10.5. The SMILES string of the molecule is CCn1cc(Cn2cc(NC(=O)c3ccc(COc4ccc(I)cc4)o3)cn2)cn1. The molecule has 0 aliphatic carbocycles. The summed E-state index contributed by atoms with van der Waals surface area (Å²) in [5, 5.41) is 11.3. The molecule has 0 saturated heterocycles. The topological polar surface area (TPSA) is 87.1 Å². The predicted octanol–water partition coefficient (Wildman–Crippen LogP) is 4.18. The number of nitrogens with one attached hydrogen (secondary N) is 1. The third-order valence-corrected chi connectivity index (χ3v) is 5.05. The molecular weight excluding hydrogens is 497 g/mol. The minimum atomic E-state index is -0.339. The van der Waals surface area contributed by atoms with Crippen molar-refractivity contribution in [1.29, 1.82) is 0 Å². The van der Waals surface area contributed by atoms with Crippen molar-refractivity contribution in [2.75, 3.05) is 5.32 Å². The van der Waals surface area contributed by atoms with E-state index in [0.29, 0.717) is 18.0 Å². The smallest absolute Gasteiger partial charge is 0.291 e. The van der Waals surface area contributed by atoms with E-state index in [4.69, 9.17) is 9.15 Å². The second kappa shape index (κ2) is 9.16. The first kappa shape index (κ1) is 20.2. The fourth-order valence-electron chi connectivity index (χ4n) is 2.82. The van der Waals surface area contributed by atoms with Gasteiger partial charge in [0.2, 0.25) is 0 Å². The maximum atomic E-state index is 12.5. The van der Waals surface area contributed by atoms with Crippen LogP contribution in [-0.4, -0.2) is 25.5 Å². The molecule has 1 N–H and O–H groups in total. The number of aromatic nitrogens is 4. The summed E-state index contributed by atoms with van der Waals surface area (Å²) in [6, 6.07) is 11.1. The highest BCUT2D eigenvalue weighted by Gasteiger charge is 2.13. The molecular formula is C21H20IN5O3. The summed E-state index contributed by atoms with van der Waals surface area (Å²) in [6.45, 7) is 3.68. The van der Waals surface area contributed by atoms with E-state index >= 15 is 0 Å². The lowest BCUT2D eigenvalue weighted by molar-refractivity contribution is 0.0992. The second-order valence-corrected chi connectivity index (χ2v) is 7.84. The molecule has 3 heterocycles. The Labute approximate surface area is 187 Å². The summed E-state index contributed by atoms with van der Waals surface area (Å²) in [5.74, 6) is 1.19. The lowest BCUT2D eigenvalue weighted by Gasteiger charge is -2.04. The third-order valence-electron chi connectivity index (χ3n) is 4.33. The lowest BCUT2D eigenvalue weighted by Crippen LogP contribution is -2.10. The minimum absolute atomic E-state index is 0.216. The fourth-order valence-corrected chi connectivity index (χ4v) is 3.18. The number of aryl methyl sites for hydroxylation is 1. The zero-order valence-corrected chi connectivity index (χ0v) is 18.4. The molecule has 0 saturated carbocycles. The summed E-state index contributed by atoms with van der Waals surface area (Å²) in [5.41, 5.74) is 1.64. The molecule has 8 nitrogen and oxygen atoms in total. The molecule has 3 aromatic heterocycles. The van der Waals surface area contributed by atoms with Crippen LogP contribution in [0.1, 0.15) is 28.8 Å². The number of anilines is 1. The van der Waals surface area contributed by atoms with Crippen molar-refractivity contribution in [2.24, 2.45) is 0 Å². The Morgan fingerprint density at radius 1 is 1.10 bits per heavy atom. The van der Waals surface area contributed by atoms with Crippen molar-refractivity contribution in [3.8, 4) is 5.75 Å². The summed E-state index contributed by atoms with van der Waals surface area (Å²) in [6.07, 6.45) is 7.16. The van der Waals surface area contributed by atoms with Crippen LogP contribution in [0.2, 0.25) is 0 Å². The molecule has 0 aliphatic heterocycles. The monoisotopic (exact) mass is 517 g/mol. The number of hydrogen-bond acceptors (Lipinski definition) is 5. The van der Waals surface area contributed by atoms with E-state index in [1.165, 1.54) is 0 Å². The van der Waals surface area contributed by atoms with Crippen LogP contribution in [0.4, 0.5) is 5.69 Å². The normalized spacial score (nSPS) is 10.9. The second-order valence-electron chi connectivity index (χ2n) is 6.59. The highest BCUT2D eigenvalue weighted by molar-refractivity contribution is 14.1. The van der Waals surface area contributed by atoms with Crippen LogP contribution in [0.25, 0.3) is 0 Å². The average molecular weight is 517 g/mol. The molecule has 4 aromatic rings. The fraction of sp³-hybridized carbons (Fsp3) is 0.190. The molecule has 9 heteroatoms. The first-order chi connectivity index (χ1) is 14.6. The van der Waals surface area contributed by atoms with Gasteiger partial charge in [0, 0.05) is 28.1 Å². The molecule has 0 spiro atoms. The molecule has 0 fully saturated rings. The van der Waals surface area contributed by atoms with Gasteiger partial charge in [-0.2, -0.15) is 10.2 Å². The van der Waals surface area contributed by atoms with Crippen LogP contribution in [0.15, 0.2) is 65.6 Å². The van der Waals surface area contributed by atoms with E-state index in [1.54, 1.807) is 29.2 Å². The first-order valence-electron chi connectivity index (χ1n) is 9.41. The van der Waals surface area contributed by atoms with Crippen LogP contribution in [0, 0.1) is 3.57 Å².